The Morgan fingerprint density at radius 3 is 2.71 bits per heavy atom. The van der Waals surface area contributed by atoms with E-state index in [0.29, 0.717) is 0 Å². The van der Waals surface area contributed by atoms with E-state index in [-0.39, 0.29) is 16.5 Å². The molecule has 0 unspecified atom stereocenters. The third-order valence-electron chi connectivity index (χ3n) is 1.48. The lowest BCUT2D eigenvalue weighted by Gasteiger charge is -2.03. The van der Waals surface area contributed by atoms with Gasteiger partial charge >= 0.3 is 6.43 Å². The Hall–Kier alpha value is -1.23. The van der Waals surface area contributed by atoms with Crippen molar-refractivity contribution in [1.29, 1.82) is 0 Å². The number of carbonyl (C=O) groups excluding carboxylic acids is 1. The van der Waals surface area contributed by atoms with E-state index in [9.17, 15) is 13.6 Å². The zero-order valence-corrected chi connectivity index (χ0v) is 7.89. The minimum Gasteiger partial charge on any atom is -0.480 e. The number of rotatable bonds is 3. The summed E-state index contributed by atoms with van der Waals surface area (Å²) >= 11 is 5.59. The first-order valence-electron chi connectivity index (χ1n) is 3.58. The molecule has 0 saturated carbocycles. The van der Waals surface area contributed by atoms with Gasteiger partial charge in [0, 0.05) is 11.8 Å². The number of nitrogens with zero attached hydrogens (tertiary/aromatic N) is 1. The molecule has 0 atom stereocenters. The summed E-state index contributed by atoms with van der Waals surface area (Å²) in [6.07, 6.45) is -2.06. The van der Waals surface area contributed by atoms with Crippen LogP contribution >= 0.6 is 11.6 Å². The highest BCUT2D eigenvalue weighted by Gasteiger charge is 2.19. The van der Waals surface area contributed by atoms with Gasteiger partial charge in [0.25, 0.3) is 0 Å². The zero-order chi connectivity index (χ0) is 10.7. The molecule has 0 aliphatic heterocycles. The standard InChI is InChI=1S/C8H6ClF2NO2/c1-14-8-5(9)2-4(3-12-8)6(13)7(10)11/h2-3,7H,1H3. The minimum atomic E-state index is -3.05. The fourth-order valence-electron chi connectivity index (χ4n) is 0.836. The van der Waals surface area contributed by atoms with Gasteiger partial charge in [-0.25, -0.2) is 13.8 Å². The lowest BCUT2D eigenvalue weighted by molar-refractivity contribution is 0.0678. The Morgan fingerprint density at radius 1 is 1.64 bits per heavy atom. The number of methoxy groups -OCH3 is 1. The second-order valence-corrected chi connectivity index (χ2v) is 2.79. The molecule has 1 aromatic heterocycles. The summed E-state index contributed by atoms with van der Waals surface area (Å²) in [5, 5.41) is 0.0269. The maximum absolute atomic E-state index is 12.0. The fourth-order valence-corrected chi connectivity index (χ4v) is 1.08. The van der Waals surface area contributed by atoms with E-state index in [0.717, 1.165) is 12.3 Å². The topological polar surface area (TPSA) is 39.2 Å². The van der Waals surface area contributed by atoms with Gasteiger partial charge in [-0.15, -0.1) is 0 Å². The molecule has 0 N–H and O–H groups in total. The quantitative estimate of drug-likeness (QED) is 0.735. The monoisotopic (exact) mass is 221 g/mol. The van der Waals surface area contributed by atoms with Crippen LogP contribution in [0.1, 0.15) is 10.4 Å². The molecule has 0 aliphatic rings. The van der Waals surface area contributed by atoms with E-state index in [1.807, 2.05) is 0 Å². The number of hydrogen-bond donors (Lipinski definition) is 0. The number of halogens is 3. The largest absolute Gasteiger partial charge is 0.480 e. The molecule has 0 radical (unpaired) electrons. The van der Waals surface area contributed by atoms with Crippen LogP contribution in [0.2, 0.25) is 5.02 Å². The summed E-state index contributed by atoms with van der Waals surface area (Å²) in [5.74, 6) is -1.21. The molecule has 0 bridgehead atoms. The molecule has 3 nitrogen and oxygen atoms in total. The number of ether oxygens (including phenoxy) is 1. The Morgan fingerprint density at radius 2 is 2.29 bits per heavy atom. The number of pyridine rings is 1. The molecule has 0 saturated heterocycles. The number of ketones is 1. The van der Waals surface area contributed by atoms with Gasteiger partial charge in [0.1, 0.15) is 5.02 Å². The van der Waals surface area contributed by atoms with E-state index in [4.69, 9.17) is 16.3 Å². The molecular formula is C8H6ClF2NO2. The van der Waals surface area contributed by atoms with Crippen molar-refractivity contribution in [3.05, 3.63) is 22.8 Å². The first kappa shape index (κ1) is 10.8. The van der Waals surface area contributed by atoms with Crippen LogP contribution in [0.5, 0.6) is 5.88 Å². The van der Waals surface area contributed by atoms with Crippen molar-refractivity contribution >= 4 is 17.4 Å². The van der Waals surface area contributed by atoms with Crippen LogP contribution in [0.15, 0.2) is 12.3 Å². The third-order valence-corrected chi connectivity index (χ3v) is 1.75. The smallest absolute Gasteiger partial charge is 0.300 e. The zero-order valence-electron chi connectivity index (χ0n) is 7.13. The Labute approximate surface area is 83.7 Å². The molecule has 76 valence electrons. The Balaban J connectivity index is 3.03. The number of carbonyl (C=O) groups is 1. The number of hydrogen-bond acceptors (Lipinski definition) is 3. The molecule has 1 aromatic rings. The summed E-state index contributed by atoms with van der Waals surface area (Å²) in [6, 6.07) is 1.10. The van der Waals surface area contributed by atoms with Crippen molar-refractivity contribution in [2.24, 2.45) is 0 Å². The van der Waals surface area contributed by atoms with Crippen molar-refractivity contribution in [3.63, 3.8) is 0 Å². The fraction of sp³-hybridized carbons (Fsp3) is 0.250. The van der Waals surface area contributed by atoms with E-state index in [2.05, 4.69) is 4.98 Å². The van der Waals surface area contributed by atoms with Crippen molar-refractivity contribution in [2.75, 3.05) is 7.11 Å². The first-order valence-corrected chi connectivity index (χ1v) is 3.96. The summed E-state index contributed by atoms with van der Waals surface area (Å²) in [6.45, 7) is 0. The highest BCUT2D eigenvalue weighted by Crippen LogP contribution is 2.22. The molecule has 1 rings (SSSR count). The second kappa shape index (κ2) is 4.32. The molecule has 6 heteroatoms. The van der Waals surface area contributed by atoms with E-state index in [1.54, 1.807) is 0 Å². The molecule has 1 heterocycles. The van der Waals surface area contributed by atoms with Crippen LogP contribution in [0, 0.1) is 0 Å². The minimum absolute atomic E-state index is 0.0269. The average Bonchev–Trinajstić information content (AvgIpc) is 2.16. The lowest BCUT2D eigenvalue weighted by Crippen LogP contribution is -2.10. The van der Waals surface area contributed by atoms with Crippen LogP contribution in [-0.4, -0.2) is 24.3 Å². The van der Waals surface area contributed by atoms with Crippen LogP contribution in [-0.2, 0) is 0 Å². The van der Waals surface area contributed by atoms with E-state index in [1.165, 1.54) is 7.11 Å². The van der Waals surface area contributed by atoms with Gasteiger partial charge in [-0.05, 0) is 6.07 Å². The van der Waals surface area contributed by atoms with Gasteiger partial charge in [0.05, 0.1) is 7.11 Å². The Kier molecular flexibility index (Phi) is 3.35. The number of Topliss-reactive ketones (excluding diaryl/α,β-unsaturated/α-hetero) is 1. The molecule has 0 aliphatic carbocycles. The number of alkyl halides is 2. The van der Waals surface area contributed by atoms with Gasteiger partial charge in [-0.1, -0.05) is 11.6 Å². The Bertz CT molecular complexity index is 357. The summed E-state index contributed by atoms with van der Waals surface area (Å²) < 4.78 is 28.7. The second-order valence-electron chi connectivity index (χ2n) is 2.38. The first-order chi connectivity index (χ1) is 6.56. The van der Waals surface area contributed by atoms with Gasteiger partial charge in [0.15, 0.2) is 0 Å². The highest BCUT2D eigenvalue weighted by molar-refractivity contribution is 6.32. The lowest BCUT2D eigenvalue weighted by atomic mass is 10.2. The van der Waals surface area contributed by atoms with Crippen LogP contribution in [0.25, 0.3) is 0 Å². The summed E-state index contributed by atoms with van der Waals surface area (Å²) in [7, 11) is 1.34. The van der Waals surface area contributed by atoms with Crippen LogP contribution < -0.4 is 4.74 Å². The van der Waals surface area contributed by atoms with Gasteiger partial charge in [-0.3, -0.25) is 4.79 Å². The van der Waals surface area contributed by atoms with Crippen LogP contribution in [0.4, 0.5) is 8.78 Å². The maximum atomic E-state index is 12.0. The van der Waals surface area contributed by atoms with Crippen LogP contribution in [0.3, 0.4) is 0 Å². The van der Waals surface area contributed by atoms with Crippen molar-refractivity contribution in [2.45, 2.75) is 6.43 Å². The van der Waals surface area contributed by atoms with Crippen molar-refractivity contribution in [1.82, 2.24) is 4.98 Å². The molecule has 0 spiro atoms. The molecule has 14 heavy (non-hydrogen) atoms. The van der Waals surface area contributed by atoms with E-state index >= 15 is 0 Å². The maximum Gasteiger partial charge on any atom is 0.300 e. The number of aromatic nitrogens is 1. The van der Waals surface area contributed by atoms with Gasteiger partial charge in [0.2, 0.25) is 11.7 Å². The predicted molar refractivity (Wildman–Crippen MR) is 46.1 cm³/mol. The predicted octanol–water partition coefficient (Wildman–Crippen LogP) is 2.19. The average molecular weight is 222 g/mol. The molecule has 0 aromatic carbocycles. The molecule has 0 fully saturated rings. The summed E-state index contributed by atoms with van der Waals surface area (Å²) in [5.41, 5.74) is -0.231. The molecule has 0 amide bonds. The van der Waals surface area contributed by atoms with Crippen molar-refractivity contribution in [3.8, 4) is 5.88 Å². The SMILES string of the molecule is COc1ncc(C(=O)C(F)F)cc1Cl. The van der Waals surface area contributed by atoms with Crippen molar-refractivity contribution < 1.29 is 18.3 Å². The normalized spacial score (nSPS) is 10.4. The third kappa shape index (κ3) is 2.17. The van der Waals surface area contributed by atoms with Gasteiger partial charge in [-0.2, -0.15) is 0 Å². The molecular weight excluding hydrogens is 216 g/mol. The highest BCUT2D eigenvalue weighted by atomic mass is 35.5. The van der Waals surface area contributed by atoms with E-state index < -0.39 is 12.2 Å². The summed E-state index contributed by atoms with van der Waals surface area (Å²) in [4.78, 5) is 14.4. The van der Waals surface area contributed by atoms with Gasteiger partial charge < -0.3 is 4.74 Å².